The normalized spacial score (nSPS) is 11.3. The minimum Gasteiger partial charge on any atom is -0.494 e. The van der Waals surface area contributed by atoms with Gasteiger partial charge in [0.25, 0.3) is 10.0 Å². The third-order valence-corrected chi connectivity index (χ3v) is 5.35. The smallest absolute Gasteiger partial charge is 0.264 e. The molecule has 2 aromatic carbocycles. The quantitative estimate of drug-likeness (QED) is 0.549. The topological polar surface area (TPSA) is 112 Å². The average molecular weight is 428 g/mol. The molecule has 10 heteroatoms. The lowest BCUT2D eigenvalue weighted by Gasteiger charge is -2.08. The fourth-order valence-electron chi connectivity index (χ4n) is 2.45. The average Bonchev–Trinajstić information content (AvgIpc) is 2.78. The molecule has 0 amide bonds. The summed E-state index contributed by atoms with van der Waals surface area (Å²) in [4.78, 5) is 12.2. The van der Waals surface area contributed by atoms with Gasteiger partial charge in [-0.1, -0.05) is 0 Å². The van der Waals surface area contributed by atoms with Crippen LogP contribution in [0.25, 0.3) is 0 Å². The van der Waals surface area contributed by atoms with E-state index in [2.05, 4.69) is 19.7 Å². The van der Waals surface area contributed by atoms with Gasteiger partial charge in [0.15, 0.2) is 17.2 Å². The lowest BCUT2D eigenvalue weighted by atomic mass is 10.2. The molecule has 30 heavy (non-hydrogen) atoms. The van der Waals surface area contributed by atoms with Crippen LogP contribution in [0, 0.1) is 0 Å². The van der Waals surface area contributed by atoms with Crippen LogP contribution in [-0.4, -0.2) is 45.9 Å². The summed E-state index contributed by atoms with van der Waals surface area (Å²) >= 11 is 0. The van der Waals surface area contributed by atoms with Gasteiger partial charge in [-0.05, 0) is 48.0 Å². The molecule has 0 aliphatic carbocycles. The van der Waals surface area contributed by atoms with Gasteiger partial charge in [0, 0.05) is 6.21 Å². The number of hydrogen-bond donors (Lipinski definition) is 1. The molecule has 3 rings (SSSR count). The van der Waals surface area contributed by atoms with Crippen LogP contribution in [0.3, 0.4) is 0 Å². The first-order valence-corrected chi connectivity index (χ1v) is 10.2. The first-order chi connectivity index (χ1) is 14.4. The molecule has 9 nitrogen and oxygen atoms in total. The van der Waals surface area contributed by atoms with Crippen molar-refractivity contribution in [3.63, 3.8) is 0 Å². The molecular weight excluding hydrogens is 408 g/mol. The van der Waals surface area contributed by atoms with E-state index in [1.54, 1.807) is 44.7 Å². The minimum atomic E-state index is -3.83. The number of methoxy groups -OCH3 is 3. The van der Waals surface area contributed by atoms with Crippen molar-refractivity contribution in [2.45, 2.75) is 4.90 Å². The van der Waals surface area contributed by atoms with Crippen LogP contribution in [0.2, 0.25) is 0 Å². The Balaban J connectivity index is 1.72. The van der Waals surface area contributed by atoms with Gasteiger partial charge in [-0.3, -0.25) is 4.99 Å². The summed E-state index contributed by atoms with van der Waals surface area (Å²) in [5.41, 5.74) is 1.40. The Morgan fingerprint density at radius 2 is 1.57 bits per heavy atom. The molecule has 3 aromatic rings. The second-order valence-electron chi connectivity index (χ2n) is 5.92. The third kappa shape index (κ3) is 5.03. The molecule has 0 spiro atoms. The molecule has 1 N–H and O–H groups in total. The van der Waals surface area contributed by atoms with Gasteiger partial charge in [-0.2, -0.15) is 0 Å². The van der Waals surface area contributed by atoms with Gasteiger partial charge < -0.3 is 14.2 Å². The Hall–Kier alpha value is -3.66. The zero-order chi connectivity index (χ0) is 21.6. The maximum absolute atomic E-state index is 12.5. The van der Waals surface area contributed by atoms with Crippen LogP contribution >= 0.6 is 0 Å². The number of anilines is 1. The molecule has 0 aliphatic rings. The van der Waals surface area contributed by atoms with Crippen LogP contribution < -0.4 is 18.9 Å². The molecule has 156 valence electrons. The van der Waals surface area contributed by atoms with E-state index in [4.69, 9.17) is 14.2 Å². The molecule has 0 saturated heterocycles. The number of rotatable bonds is 8. The number of ether oxygens (including phenoxy) is 3. The zero-order valence-corrected chi connectivity index (χ0v) is 17.4. The molecule has 0 atom stereocenters. The van der Waals surface area contributed by atoms with Crippen molar-refractivity contribution in [3.05, 3.63) is 60.4 Å². The number of hydrogen-bond acceptors (Lipinski definition) is 8. The minimum absolute atomic E-state index is 0.0497. The van der Waals surface area contributed by atoms with Crippen molar-refractivity contribution < 1.29 is 22.6 Å². The van der Waals surface area contributed by atoms with E-state index in [0.717, 1.165) is 5.56 Å². The third-order valence-electron chi connectivity index (χ3n) is 4.01. The zero-order valence-electron chi connectivity index (χ0n) is 16.6. The molecule has 0 bridgehead atoms. The number of sulfonamides is 1. The Kier molecular flexibility index (Phi) is 6.48. The maximum Gasteiger partial charge on any atom is 0.264 e. The van der Waals surface area contributed by atoms with Crippen molar-refractivity contribution >= 4 is 27.9 Å². The highest BCUT2D eigenvalue weighted by molar-refractivity contribution is 7.92. The predicted octanol–water partition coefficient (Wildman–Crippen LogP) is 3.05. The van der Waals surface area contributed by atoms with Gasteiger partial charge in [-0.15, -0.1) is 0 Å². The van der Waals surface area contributed by atoms with Crippen molar-refractivity contribution in [3.8, 4) is 17.2 Å². The molecule has 1 heterocycles. The molecule has 0 saturated carbocycles. The highest BCUT2D eigenvalue weighted by Gasteiger charge is 2.15. The fraction of sp³-hybridized carbons (Fsp3) is 0.150. The first-order valence-electron chi connectivity index (χ1n) is 8.70. The van der Waals surface area contributed by atoms with Crippen molar-refractivity contribution in [2.75, 3.05) is 26.1 Å². The molecule has 1 aromatic heterocycles. The highest BCUT2D eigenvalue weighted by atomic mass is 32.2. The summed E-state index contributed by atoms with van der Waals surface area (Å²) in [6.45, 7) is 0. The summed E-state index contributed by atoms with van der Waals surface area (Å²) in [7, 11) is 0.763. The predicted molar refractivity (Wildman–Crippen MR) is 113 cm³/mol. The van der Waals surface area contributed by atoms with Crippen molar-refractivity contribution in [2.24, 2.45) is 4.99 Å². The maximum atomic E-state index is 12.5. The lowest BCUT2D eigenvalue weighted by molar-refractivity contribution is 0.355. The molecule has 0 fully saturated rings. The van der Waals surface area contributed by atoms with E-state index in [1.165, 1.54) is 31.6 Å². The van der Waals surface area contributed by atoms with Crippen molar-refractivity contribution in [1.82, 2.24) is 9.97 Å². The van der Waals surface area contributed by atoms with Gasteiger partial charge in [0.1, 0.15) is 0 Å². The molecular formula is C20H20N4O5S. The summed E-state index contributed by atoms with van der Waals surface area (Å²) in [6.07, 6.45) is 4.39. The Labute approximate surface area is 174 Å². The highest BCUT2D eigenvalue weighted by Crippen LogP contribution is 2.27. The standard InChI is InChI=1S/C20H20N4O5S/c1-27-16-12-22-20(23-13-16)24-30(25,26)17-7-5-15(6-8-17)21-11-14-4-9-18(28-2)19(10-14)29-3/h4-13H,1-3H3,(H,22,23,24). The summed E-state index contributed by atoms with van der Waals surface area (Å²) < 4.78 is 42.7. The van der Waals surface area contributed by atoms with E-state index >= 15 is 0 Å². The van der Waals surface area contributed by atoms with Crippen LogP contribution in [0.4, 0.5) is 11.6 Å². The molecule has 0 unspecified atom stereocenters. The van der Waals surface area contributed by atoms with E-state index in [0.29, 0.717) is 22.9 Å². The van der Waals surface area contributed by atoms with E-state index in [1.807, 2.05) is 6.07 Å². The van der Waals surface area contributed by atoms with E-state index < -0.39 is 10.0 Å². The Morgan fingerprint density at radius 3 is 2.17 bits per heavy atom. The summed E-state index contributed by atoms with van der Waals surface area (Å²) in [6, 6.07) is 11.5. The fourth-order valence-corrected chi connectivity index (χ4v) is 3.40. The number of aromatic nitrogens is 2. The van der Waals surface area contributed by atoms with Gasteiger partial charge in [0.05, 0.1) is 44.3 Å². The van der Waals surface area contributed by atoms with Gasteiger partial charge >= 0.3 is 0 Å². The largest absolute Gasteiger partial charge is 0.494 e. The summed E-state index contributed by atoms with van der Waals surface area (Å²) in [5.74, 6) is 1.59. The lowest BCUT2D eigenvalue weighted by Crippen LogP contribution is -2.14. The van der Waals surface area contributed by atoms with Crippen LogP contribution in [0.5, 0.6) is 17.2 Å². The van der Waals surface area contributed by atoms with Gasteiger partial charge in [-0.25, -0.2) is 23.1 Å². The summed E-state index contributed by atoms with van der Waals surface area (Å²) in [5, 5.41) is 0. The Morgan fingerprint density at radius 1 is 0.900 bits per heavy atom. The van der Waals surface area contributed by atoms with E-state index in [-0.39, 0.29) is 10.8 Å². The van der Waals surface area contributed by atoms with Crippen molar-refractivity contribution in [1.29, 1.82) is 0 Å². The first kappa shape index (κ1) is 21.1. The number of nitrogens with zero attached hydrogens (tertiary/aromatic N) is 3. The van der Waals surface area contributed by atoms with Gasteiger partial charge in [0.2, 0.25) is 5.95 Å². The number of nitrogens with one attached hydrogen (secondary N) is 1. The Bertz CT molecular complexity index is 1130. The van der Waals surface area contributed by atoms with Crippen LogP contribution in [0.1, 0.15) is 5.56 Å². The van der Waals surface area contributed by atoms with Crippen LogP contribution in [-0.2, 0) is 10.0 Å². The second kappa shape index (κ2) is 9.23. The van der Waals surface area contributed by atoms with Crippen LogP contribution in [0.15, 0.2) is 64.7 Å². The monoisotopic (exact) mass is 428 g/mol. The molecule has 0 aliphatic heterocycles. The number of aliphatic imine (C=N–C) groups is 1. The van der Waals surface area contributed by atoms with E-state index in [9.17, 15) is 8.42 Å². The molecule has 0 radical (unpaired) electrons. The number of benzene rings is 2. The second-order valence-corrected chi connectivity index (χ2v) is 7.60. The SMILES string of the molecule is COc1cnc(NS(=O)(=O)c2ccc(N=Cc3ccc(OC)c(OC)c3)cc2)nc1.